The molecule has 0 heterocycles. The quantitative estimate of drug-likeness (QED) is 0.260. The van der Waals surface area contributed by atoms with Crippen LogP contribution in [0.3, 0.4) is 0 Å². The number of benzene rings is 3. The maximum Gasteiger partial charge on any atom is 0.310 e. The van der Waals surface area contributed by atoms with E-state index in [9.17, 15) is 19.4 Å². The van der Waals surface area contributed by atoms with E-state index < -0.39 is 23.3 Å². The van der Waals surface area contributed by atoms with Crippen molar-refractivity contribution in [2.24, 2.45) is 0 Å². The van der Waals surface area contributed by atoms with Gasteiger partial charge >= 0.3 is 5.97 Å². The highest BCUT2D eigenvalue weighted by molar-refractivity contribution is 5.76. The highest BCUT2D eigenvalue weighted by Crippen LogP contribution is 2.41. The number of aryl methyl sites for hydroxylation is 2. The normalized spacial score (nSPS) is 13.2. The van der Waals surface area contributed by atoms with Gasteiger partial charge in [0.15, 0.2) is 0 Å². The van der Waals surface area contributed by atoms with Gasteiger partial charge in [-0.1, -0.05) is 88.4 Å². The zero-order valence-corrected chi connectivity index (χ0v) is 24.4. The molecule has 0 bridgehead atoms. The van der Waals surface area contributed by atoms with Gasteiger partial charge in [0.2, 0.25) is 0 Å². The van der Waals surface area contributed by atoms with Gasteiger partial charge in [-0.2, -0.15) is 0 Å². The highest BCUT2D eigenvalue weighted by Gasteiger charge is 2.31. The largest absolute Gasteiger partial charge is 0.481 e. The van der Waals surface area contributed by atoms with E-state index >= 15 is 0 Å². The predicted molar refractivity (Wildman–Crippen MR) is 160 cm³/mol. The van der Waals surface area contributed by atoms with Gasteiger partial charge in [0, 0.05) is 11.0 Å². The van der Waals surface area contributed by atoms with Crippen LogP contribution in [-0.4, -0.2) is 21.8 Å². The standard InChI is InChI=1S/C35H43FO3/c1-8-34(39,9-2)19-18-26-12-14-28(20-23(26)5)35(10-3,11-4)29-15-17-30(24(6)21-29)27-13-16-31(32(36)22-27)25(7)33(37)38/h12-22,25,39H,8-11H2,1-7H3,(H,37,38)/b19-18+. The summed E-state index contributed by atoms with van der Waals surface area (Å²) in [5.74, 6) is -2.43. The molecule has 3 aromatic rings. The summed E-state index contributed by atoms with van der Waals surface area (Å²) in [6, 6.07) is 17.9. The van der Waals surface area contributed by atoms with E-state index in [1.807, 2.05) is 32.9 Å². The van der Waals surface area contributed by atoms with E-state index in [1.165, 1.54) is 29.7 Å². The third-order valence-electron chi connectivity index (χ3n) is 8.75. The molecule has 0 saturated heterocycles. The first-order valence-corrected chi connectivity index (χ1v) is 14.1. The Bertz CT molecular complexity index is 1350. The van der Waals surface area contributed by atoms with Crippen LogP contribution in [0.1, 0.15) is 99.6 Å². The molecule has 0 saturated carbocycles. The van der Waals surface area contributed by atoms with Crippen molar-refractivity contribution < 1.29 is 19.4 Å². The number of halogens is 1. The molecule has 0 aliphatic rings. The molecule has 0 aliphatic carbocycles. The Kier molecular flexibility index (Phi) is 9.55. The van der Waals surface area contributed by atoms with Crippen molar-refractivity contribution in [2.75, 3.05) is 0 Å². The molecule has 3 rings (SSSR count). The van der Waals surface area contributed by atoms with E-state index in [0.717, 1.165) is 35.1 Å². The van der Waals surface area contributed by atoms with Crippen LogP contribution in [0.5, 0.6) is 0 Å². The van der Waals surface area contributed by atoms with Crippen molar-refractivity contribution in [2.45, 2.75) is 91.1 Å². The number of carbonyl (C=O) groups is 1. The monoisotopic (exact) mass is 530 g/mol. The topological polar surface area (TPSA) is 57.5 Å². The molecule has 208 valence electrons. The first-order chi connectivity index (χ1) is 18.4. The van der Waals surface area contributed by atoms with Gasteiger partial charge in [-0.25, -0.2) is 4.39 Å². The maximum atomic E-state index is 14.8. The molecule has 0 amide bonds. The summed E-state index contributed by atoms with van der Waals surface area (Å²) in [5.41, 5.74) is 6.72. The third-order valence-corrected chi connectivity index (χ3v) is 8.75. The molecule has 3 aromatic carbocycles. The fourth-order valence-electron chi connectivity index (χ4n) is 5.59. The zero-order chi connectivity index (χ0) is 29.0. The molecule has 2 N–H and O–H groups in total. The Morgan fingerprint density at radius 1 is 0.872 bits per heavy atom. The zero-order valence-electron chi connectivity index (χ0n) is 24.4. The third kappa shape index (κ3) is 6.17. The lowest BCUT2D eigenvalue weighted by Crippen LogP contribution is -2.26. The average Bonchev–Trinajstić information content (AvgIpc) is 2.93. The first-order valence-electron chi connectivity index (χ1n) is 14.1. The van der Waals surface area contributed by atoms with Gasteiger partial charge in [-0.05, 0) is 91.5 Å². The van der Waals surface area contributed by atoms with Crippen LogP contribution in [0.15, 0.2) is 60.7 Å². The van der Waals surface area contributed by atoms with Gasteiger partial charge in [0.25, 0.3) is 0 Å². The molecular weight excluding hydrogens is 487 g/mol. The Morgan fingerprint density at radius 2 is 1.46 bits per heavy atom. The average molecular weight is 531 g/mol. The molecule has 0 fully saturated rings. The molecule has 39 heavy (non-hydrogen) atoms. The van der Waals surface area contributed by atoms with E-state index in [-0.39, 0.29) is 11.0 Å². The summed E-state index contributed by atoms with van der Waals surface area (Å²) < 4.78 is 14.8. The van der Waals surface area contributed by atoms with Gasteiger partial charge in [0.05, 0.1) is 11.5 Å². The van der Waals surface area contributed by atoms with Crippen LogP contribution in [0.25, 0.3) is 17.2 Å². The summed E-state index contributed by atoms with van der Waals surface area (Å²) in [7, 11) is 0. The highest BCUT2D eigenvalue weighted by atomic mass is 19.1. The van der Waals surface area contributed by atoms with Crippen molar-refractivity contribution >= 4 is 12.0 Å². The minimum absolute atomic E-state index is 0.171. The van der Waals surface area contributed by atoms with Crippen molar-refractivity contribution in [3.63, 3.8) is 0 Å². The fraction of sp³-hybridized carbons (Fsp3) is 0.400. The maximum absolute atomic E-state index is 14.8. The molecule has 3 nitrogen and oxygen atoms in total. The minimum Gasteiger partial charge on any atom is -0.481 e. The summed E-state index contributed by atoms with van der Waals surface area (Å²) in [5, 5.41) is 19.9. The van der Waals surface area contributed by atoms with Crippen LogP contribution in [0.2, 0.25) is 0 Å². The Balaban J connectivity index is 2.00. The second-order valence-corrected chi connectivity index (χ2v) is 10.8. The molecule has 4 heteroatoms. The number of aliphatic carboxylic acids is 1. The van der Waals surface area contributed by atoms with E-state index in [2.05, 4.69) is 57.2 Å². The van der Waals surface area contributed by atoms with Crippen LogP contribution >= 0.6 is 0 Å². The summed E-state index contributed by atoms with van der Waals surface area (Å²) in [6.45, 7) is 14.1. The molecule has 0 radical (unpaired) electrons. The Morgan fingerprint density at radius 3 is 1.95 bits per heavy atom. The predicted octanol–water partition coefficient (Wildman–Crippen LogP) is 8.97. The lowest BCUT2D eigenvalue weighted by Gasteiger charge is -2.34. The van der Waals surface area contributed by atoms with Gasteiger partial charge in [-0.3, -0.25) is 4.79 Å². The number of carboxylic acids is 1. The summed E-state index contributed by atoms with van der Waals surface area (Å²) in [4.78, 5) is 11.3. The number of rotatable bonds is 11. The Hall–Kier alpha value is -3.24. The lowest BCUT2D eigenvalue weighted by molar-refractivity contribution is -0.138. The molecule has 1 atom stereocenters. The van der Waals surface area contributed by atoms with Gasteiger partial charge in [-0.15, -0.1) is 0 Å². The summed E-state index contributed by atoms with van der Waals surface area (Å²) >= 11 is 0. The van der Waals surface area contributed by atoms with Crippen LogP contribution in [0, 0.1) is 19.7 Å². The van der Waals surface area contributed by atoms with E-state index in [1.54, 1.807) is 12.1 Å². The molecule has 0 aromatic heterocycles. The summed E-state index contributed by atoms with van der Waals surface area (Å²) in [6.07, 6.45) is 7.17. The van der Waals surface area contributed by atoms with Crippen LogP contribution in [-0.2, 0) is 10.2 Å². The molecular formula is C35H43FO3. The smallest absolute Gasteiger partial charge is 0.310 e. The van der Waals surface area contributed by atoms with Crippen molar-refractivity contribution in [3.8, 4) is 11.1 Å². The molecule has 1 unspecified atom stereocenters. The number of aliphatic hydroxyl groups is 1. The van der Waals surface area contributed by atoms with Gasteiger partial charge in [0.1, 0.15) is 5.82 Å². The molecule has 0 aliphatic heterocycles. The van der Waals surface area contributed by atoms with Crippen LogP contribution in [0.4, 0.5) is 4.39 Å². The Labute approximate surface area is 233 Å². The van der Waals surface area contributed by atoms with Crippen molar-refractivity contribution in [1.82, 2.24) is 0 Å². The number of hydrogen-bond donors (Lipinski definition) is 2. The molecule has 0 spiro atoms. The van der Waals surface area contributed by atoms with Crippen LogP contribution < -0.4 is 0 Å². The van der Waals surface area contributed by atoms with E-state index in [4.69, 9.17) is 0 Å². The minimum atomic E-state index is -1.04. The number of carboxylic acid groups (broad SMARTS) is 1. The first kappa shape index (κ1) is 30.3. The lowest BCUT2D eigenvalue weighted by atomic mass is 9.69. The second kappa shape index (κ2) is 12.3. The van der Waals surface area contributed by atoms with Crippen molar-refractivity contribution in [1.29, 1.82) is 0 Å². The second-order valence-electron chi connectivity index (χ2n) is 10.8. The van der Waals surface area contributed by atoms with E-state index in [0.29, 0.717) is 12.8 Å². The SMILES string of the molecule is CCC(O)(/C=C/c1ccc(C(CC)(CC)c2ccc(-c3ccc(C(C)C(=O)O)c(F)c3)c(C)c2)cc1C)CC. The van der Waals surface area contributed by atoms with Crippen molar-refractivity contribution in [3.05, 3.63) is 99.9 Å². The number of hydrogen-bond acceptors (Lipinski definition) is 2. The fourth-order valence-corrected chi connectivity index (χ4v) is 5.59. The van der Waals surface area contributed by atoms with Gasteiger partial charge < -0.3 is 10.2 Å².